The van der Waals surface area contributed by atoms with Gasteiger partial charge >= 0.3 is 5.97 Å². The van der Waals surface area contributed by atoms with Crippen molar-refractivity contribution in [3.63, 3.8) is 0 Å². The summed E-state index contributed by atoms with van der Waals surface area (Å²) in [7, 11) is 0. The van der Waals surface area contributed by atoms with Gasteiger partial charge in [0.2, 0.25) is 5.91 Å². The van der Waals surface area contributed by atoms with E-state index < -0.39 is 11.7 Å². The molecule has 0 aliphatic rings. The third-order valence-corrected chi connectivity index (χ3v) is 3.03. The quantitative estimate of drug-likeness (QED) is 0.753. The molecule has 0 unspecified atom stereocenters. The Kier molecular flexibility index (Phi) is 4.23. The maximum Gasteiger partial charge on any atom is 0.339 e. The molecule has 1 amide bonds. The number of hydrogen-bond donors (Lipinski definition) is 3. The zero-order valence-electron chi connectivity index (χ0n) is 11.5. The Labute approximate surface area is 121 Å². The second-order valence-corrected chi connectivity index (χ2v) is 4.72. The number of anilines is 1. The van der Waals surface area contributed by atoms with Gasteiger partial charge in [0.15, 0.2) is 5.75 Å². The van der Waals surface area contributed by atoms with Crippen LogP contribution < -0.4 is 5.32 Å². The van der Waals surface area contributed by atoms with Crippen molar-refractivity contribution in [1.82, 2.24) is 0 Å². The van der Waals surface area contributed by atoms with Crippen LogP contribution in [0.3, 0.4) is 0 Å². The number of rotatable bonds is 4. The molecule has 0 saturated carbocycles. The molecule has 108 valence electrons. The third kappa shape index (κ3) is 3.60. The SMILES string of the molecule is Cc1ccc(CC(=O)Nc2cccc(C(=O)O)c2O)cc1. The number of nitrogens with one attached hydrogen (secondary N) is 1. The Hall–Kier alpha value is -2.82. The first-order chi connectivity index (χ1) is 9.97. The van der Waals surface area contributed by atoms with Gasteiger partial charge in [-0.3, -0.25) is 4.79 Å². The van der Waals surface area contributed by atoms with Gasteiger partial charge in [-0.25, -0.2) is 4.79 Å². The maximum absolute atomic E-state index is 11.9. The van der Waals surface area contributed by atoms with Crippen LogP contribution in [0.25, 0.3) is 0 Å². The number of carbonyl (C=O) groups is 2. The van der Waals surface area contributed by atoms with Gasteiger partial charge in [-0.1, -0.05) is 35.9 Å². The average Bonchev–Trinajstić information content (AvgIpc) is 2.43. The molecule has 2 rings (SSSR count). The number of phenols is 1. The lowest BCUT2D eigenvalue weighted by atomic mass is 10.1. The second-order valence-electron chi connectivity index (χ2n) is 4.72. The van der Waals surface area contributed by atoms with Crippen LogP contribution in [0.1, 0.15) is 21.5 Å². The lowest BCUT2D eigenvalue weighted by Crippen LogP contribution is -2.15. The first kappa shape index (κ1) is 14.6. The fourth-order valence-electron chi connectivity index (χ4n) is 1.90. The molecule has 5 heteroatoms. The summed E-state index contributed by atoms with van der Waals surface area (Å²) in [5.41, 5.74) is 1.79. The van der Waals surface area contributed by atoms with E-state index in [0.717, 1.165) is 11.1 Å². The molecule has 0 spiro atoms. The monoisotopic (exact) mass is 285 g/mol. The van der Waals surface area contributed by atoms with E-state index in [1.54, 1.807) is 0 Å². The number of aromatic carboxylic acids is 1. The lowest BCUT2D eigenvalue weighted by molar-refractivity contribution is -0.115. The molecule has 0 aliphatic heterocycles. The van der Waals surface area contributed by atoms with Crippen LogP contribution in [0.5, 0.6) is 5.75 Å². The Morgan fingerprint density at radius 2 is 1.76 bits per heavy atom. The normalized spacial score (nSPS) is 10.1. The highest BCUT2D eigenvalue weighted by molar-refractivity contribution is 5.98. The maximum atomic E-state index is 11.9. The molecule has 5 nitrogen and oxygen atoms in total. The van der Waals surface area contributed by atoms with Crippen LogP contribution in [-0.4, -0.2) is 22.1 Å². The summed E-state index contributed by atoms with van der Waals surface area (Å²) >= 11 is 0. The lowest BCUT2D eigenvalue weighted by Gasteiger charge is -2.09. The molecular formula is C16H15NO4. The van der Waals surface area contributed by atoms with Gasteiger partial charge in [-0.05, 0) is 24.6 Å². The van der Waals surface area contributed by atoms with Crippen molar-refractivity contribution in [2.75, 3.05) is 5.32 Å². The number of benzene rings is 2. The Morgan fingerprint density at radius 1 is 1.10 bits per heavy atom. The topological polar surface area (TPSA) is 86.6 Å². The molecule has 0 bridgehead atoms. The molecule has 0 heterocycles. The minimum atomic E-state index is -1.25. The van der Waals surface area contributed by atoms with E-state index >= 15 is 0 Å². The van der Waals surface area contributed by atoms with E-state index in [0.29, 0.717) is 0 Å². The third-order valence-electron chi connectivity index (χ3n) is 3.03. The molecule has 0 radical (unpaired) electrons. The van der Waals surface area contributed by atoms with E-state index in [1.165, 1.54) is 18.2 Å². The predicted molar refractivity (Wildman–Crippen MR) is 78.6 cm³/mol. The van der Waals surface area contributed by atoms with E-state index in [1.807, 2.05) is 31.2 Å². The minimum Gasteiger partial charge on any atom is -0.505 e. The summed E-state index contributed by atoms with van der Waals surface area (Å²) in [5.74, 6) is -2.01. The standard InChI is InChI=1S/C16H15NO4/c1-10-5-7-11(8-6-10)9-14(18)17-13-4-2-3-12(15(13)19)16(20)21/h2-8,19H,9H2,1H3,(H,17,18)(H,20,21). The first-order valence-corrected chi connectivity index (χ1v) is 6.38. The number of para-hydroxylation sites is 1. The number of amides is 1. The van der Waals surface area contributed by atoms with Crippen LogP contribution in [0, 0.1) is 6.92 Å². The van der Waals surface area contributed by atoms with Crippen molar-refractivity contribution in [3.05, 3.63) is 59.2 Å². The molecule has 3 N–H and O–H groups in total. The number of carbonyl (C=O) groups excluding carboxylic acids is 1. The first-order valence-electron chi connectivity index (χ1n) is 6.38. The number of carboxylic acids is 1. The van der Waals surface area contributed by atoms with E-state index in [-0.39, 0.29) is 23.6 Å². The second kappa shape index (κ2) is 6.09. The number of hydrogen-bond acceptors (Lipinski definition) is 3. The van der Waals surface area contributed by atoms with Gasteiger partial charge in [-0.2, -0.15) is 0 Å². The van der Waals surface area contributed by atoms with Crippen molar-refractivity contribution >= 4 is 17.6 Å². The number of aryl methyl sites for hydroxylation is 1. The Balaban J connectivity index is 2.11. The summed E-state index contributed by atoms with van der Waals surface area (Å²) in [4.78, 5) is 22.8. The van der Waals surface area contributed by atoms with E-state index in [4.69, 9.17) is 5.11 Å². The predicted octanol–water partition coefficient (Wildman–Crippen LogP) is 2.58. The highest BCUT2D eigenvalue weighted by Crippen LogP contribution is 2.27. The highest BCUT2D eigenvalue weighted by atomic mass is 16.4. The number of aromatic hydroxyl groups is 1. The summed E-state index contributed by atoms with van der Waals surface area (Å²) in [6.07, 6.45) is 0.150. The molecule has 0 fully saturated rings. The molecule has 0 atom stereocenters. The zero-order valence-corrected chi connectivity index (χ0v) is 11.5. The van der Waals surface area contributed by atoms with Gasteiger partial charge in [0, 0.05) is 0 Å². The summed E-state index contributed by atoms with van der Waals surface area (Å²) < 4.78 is 0. The van der Waals surface area contributed by atoms with Crippen molar-refractivity contribution in [1.29, 1.82) is 0 Å². The van der Waals surface area contributed by atoms with Crippen molar-refractivity contribution in [2.45, 2.75) is 13.3 Å². The van der Waals surface area contributed by atoms with Crippen molar-refractivity contribution in [2.24, 2.45) is 0 Å². The largest absolute Gasteiger partial charge is 0.505 e. The molecule has 0 aromatic heterocycles. The van der Waals surface area contributed by atoms with Crippen LogP contribution in [-0.2, 0) is 11.2 Å². The fraction of sp³-hybridized carbons (Fsp3) is 0.125. The molecule has 2 aromatic carbocycles. The summed E-state index contributed by atoms with van der Waals surface area (Å²) in [6.45, 7) is 1.96. The van der Waals surface area contributed by atoms with Gasteiger partial charge in [0.05, 0.1) is 12.1 Å². The zero-order chi connectivity index (χ0) is 15.4. The van der Waals surface area contributed by atoms with Crippen LogP contribution in [0.2, 0.25) is 0 Å². The highest BCUT2D eigenvalue weighted by Gasteiger charge is 2.14. The molecule has 0 saturated heterocycles. The van der Waals surface area contributed by atoms with E-state index in [9.17, 15) is 14.7 Å². The van der Waals surface area contributed by atoms with Gasteiger partial charge in [-0.15, -0.1) is 0 Å². The smallest absolute Gasteiger partial charge is 0.339 e. The average molecular weight is 285 g/mol. The Morgan fingerprint density at radius 3 is 2.38 bits per heavy atom. The van der Waals surface area contributed by atoms with Crippen molar-refractivity contribution in [3.8, 4) is 5.75 Å². The summed E-state index contributed by atoms with van der Waals surface area (Å²) in [5, 5.41) is 21.2. The molecule has 2 aromatic rings. The van der Waals surface area contributed by atoms with Gasteiger partial charge in [0.1, 0.15) is 5.56 Å². The van der Waals surface area contributed by atoms with Crippen LogP contribution >= 0.6 is 0 Å². The number of carboxylic acid groups (broad SMARTS) is 1. The van der Waals surface area contributed by atoms with Gasteiger partial charge in [0.25, 0.3) is 0 Å². The molecular weight excluding hydrogens is 270 g/mol. The molecule has 21 heavy (non-hydrogen) atoms. The van der Waals surface area contributed by atoms with Crippen LogP contribution in [0.15, 0.2) is 42.5 Å². The minimum absolute atomic E-state index is 0.0898. The van der Waals surface area contributed by atoms with E-state index in [2.05, 4.69) is 5.32 Å². The van der Waals surface area contributed by atoms with Crippen molar-refractivity contribution < 1.29 is 19.8 Å². The van der Waals surface area contributed by atoms with Crippen LogP contribution in [0.4, 0.5) is 5.69 Å². The fourth-order valence-corrected chi connectivity index (χ4v) is 1.90. The van der Waals surface area contributed by atoms with Gasteiger partial charge < -0.3 is 15.5 Å². The Bertz CT molecular complexity index is 677. The molecule has 0 aliphatic carbocycles. The summed E-state index contributed by atoms with van der Waals surface area (Å²) in [6, 6.07) is 11.7.